The first-order chi connectivity index (χ1) is 14.4. The van der Waals surface area contributed by atoms with Crippen LogP contribution in [-0.4, -0.2) is 20.9 Å². The van der Waals surface area contributed by atoms with Crippen LogP contribution >= 0.6 is 11.6 Å². The second kappa shape index (κ2) is 8.08. The standard InChI is InChI=1S/C22H17ClFNO4S/c23-19-8-4-9-20(24)18(19)14-29-22(26)16-6-3-7-17(13-16)30(27,28)25-12-11-15-5-1-2-10-21(15)25/h1-10,13H,11-12,14H2. The summed E-state index contributed by atoms with van der Waals surface area (Å²) in [7, 11) is -3.84. The molecular weight excluding hydrogens is 429 g/mol. The zero-order valence-corrected chi connectivity index (χ0v) is 17.3. The van der Waals surface area contributed by atoms with Gasteiger partial charge in [0.2, 0.25) is 0 Å². The maximum absolute atomic E-state index is 13.9. The summed E-state index contributed by atoms with van der Waals surface area (Å²) >= 11 is 5.94. The second-order valence-corrected chi connectivity index (χ2v) is 9.03. The minimum Gasteiger partial charge on any atom is -0.457 e. The molecule has 0 N–H and O–H groups in total. The van der Waals surface area contributed by atoms with Crippen LogP contribution in [-0.2, 0) is 27.8 Å². The molecule has 4 rings (SSSR count). The molecule has 154 valence electrons. The summed E-state index contributed by atoms with van der Waals surface area (Å²) in [5.41, 5.74) is 1.71. The number of hydrogen-bond donors (Lipinski definition) is 0. The van der Waals surface area contributed by atoms with Gasteiger partial charge in [-0.3, -0.25) is 4.31 Å². The van der Waals surface area contributed by atoms with Gasteiger partial charge in [0.1, 0.15) is 12.4 Å². The third-order valence-electron chi connectivity index (χ3n) is 4.91. The lowest BCUT2D eigenvalue weighted by molar-refractivity contribution is 0.0469. The van der Waals surface area contributed by atoms with Crippen molar-refractivity contribution >= 4 is 33.3 Å². The number of fused-ring (bicyclic) bond motifs is 1. The quantitative estimate of drug-likeness (QED) is 0.539. The van der Waals surface area contributed by atoms with Crippen LogP contribution in [0.5, 0.6) is 0 Å². The summed E-state index contributed by atoms with van der Waals surface area (Å²) in [5, 5.41) is 0.145. The van der Waals surface area contributed by atoms with E-state index >= 15 is 0 Å². The van der Waals surface area contributed by atoms with Crippen LogP contribution in [0.25, 0.3) is 0 Å². The van der Waals surface area contributed by atoms with Crippen LogP contribution in [0.2, 0.25) is 5.02 Å². The number of halogens is 2. The van der Waals surface area contributed by atoms with E-state index in [-0.39, 0.29) is 27.7 Å². The number of para-hydroxylation sites is 1. The fourth-order valence-corrected chi connectivity index (χ4v) is 5.13. The number of benzene rings is 3. The predicted molar refractivity (Wildman–Crippen MR) is 112 cm³/mol. The maximum Gasteiger partial charge on any atom is 0.338 e. The van der Waals surface area contributed by atoms with Gasteiger partial charge in [0.25, 0.3) is 10.0 Å². The van der Waals surface area contributed by atoms with Crippen molar-refractivity contribution < 1.29 is 22.3 Å². The minimum atomic E-state index is -3.84. The summed E-state index contributed by atoms with van der Waals surface area (Å²) in [5.74, 6) is -1.35. The van der Waals surface area contributed by atoms with E-state index in [0.717, 1.165) is 5.56 Å². The Morgan fingerprint density at radius 3 is 2.63 bits per heavy atom. The van der Waals surface area contributed by atoms with Gasteiger partial charge in [-0.15, -0.1) is 0 Å². The highest BCUT2D eigenvalue weighted by Gasteiger charge is 2.31. The second-order valence-electron chi connectivity index (χ2n) is 6.76. The van der Waals surface area contributed by atoms with Crippen molar-refractivity contribution in [3.63, 3.8) is 0 Å². The molecule has 0 unspecified atom stereocenters. The van der Waals surface area contributed by atoms with Crippen LogP contribution < -0.4 is 4.31 Å². The Balaban J connectivity index is 1.56. The first-order valence-electron chi connectivity index (χ1n) is 9.18. The number of ether oxygens (including phenoxy) is 1. The number of rotatable bonds is 5. The molecule has 0 spiro atoms. The lowest BCUT2D eigenvalue weighted by Gasteiger charge is -2.19. The summed E-state index contributed by atoms with van der Waals surface area (Å²) in [6, 6.07) is 17.1. The lowest BCUT2D eigenvalue weighted by Crippen LogP contribution is -2.29. The first kappa shape index (κ1) is 20.4. The Kier molecular flexibility index (Phi) is 5.49. The Labute approximate surface area is 178 Å². The molecule has 0 amide bonds. The smallest absolute Gasteiger partial charge is 0.338 e. The van der Waals surface area contributed by atoms with Crippen LogP contribution in [0.3, 0.4) is 0 Å². The van der Waals surface area contributed by atoms with E-state index in [0.29, 0.717) is 18.7 Å². The van der Waals surface area contributed by atoms with Crippen molar-refractivity contribution in [3.05, 3.63) is 94.3 Å². The van der Waals surface area contributed by atoms with Crippen molar-refractivity contribution in [2.75, 3.05) is 10.8 Å². The lowest BCUT2D eigenvalue weighted by atomic mass is 10.2. The number of nitrogens with zero attached hydrogens (tertiary/aromatic N) is 1. The third-order valence-corrected chi connectivity index (χ3v) is 7.07. The number of esters is 1. The Bertz CT molecular complexity index is 1210. The van der Waals surface area contributed by atoms with E-state index in [1.807, 2.05) is 12.1 Å². The monoisotopic (exact) mass is 445 g/mol. The van der Waals surface area contributed by atoms with E-state index < -0.39 is 21.8 Å². The van der Waals surface area contributed by atoms with Crippen LogP contribution in [0, 0.1) is 5.82 Å². The van der Waals surface area contributed by atoms with Gasteiger partial charge in [0, 0.05) is 12.1 Å². The molecule has 0 saturated carbocycles. The fraction of sp³-hybridized carbons (Fsp3) is 0.136. The van der Waals surface area contributed by atoms with Gasteiger partial charge >= 0.3 is 5.97 Å². The molecule has 1 aliphatic heterocycles. The van der Waals surface area contributed by atoms with Crippen molar-refractivity contribution in [3.8, 4) is 0 Å². The maximum atomic E-state index is 13.9. The van der Waals surface area contributed by atoms with E-state index in [1.54, 1.807) is 12.1 Å². The number of carbonyl (C=O) groups excluding carboxylic acids is 1. The SMILES string of the molecule is O=C(OCc1c(F)cccc1Cl)c1cccc(S(=O)(=O)N2CCc3ccccc32)c1. The Morgan fingerprint density at radius 2 is 1.83 bits per heavy atom. The van der Waals surface area contributed by atoms with E-state index in [2.05, 4.69) is 0 Å². The van der Waals surface area contributed by atoms with Gasteiger partial charge in [-0.1, -0.05) is 41.9 Å². The van der Waals surface area contributed by atoms with Crippen LogP contribution in [0.15, 0.2) is 71.6 Å². The molecule has 0 aromatic heterocycles. The molecule has 0 atom stereocenters. The Hall–Kier alpha value is -2.90. The molecular formula is C22H17ClFNO4S. The van der Waals surface area contributed by atoms with Gasteiger partial charge in [-0.25, -0.2) is 17.6 Å². The van der Waals surface area contributed by atoms with Gasteiger partial charge in [-0.05, 0) is 48.4 Å². The van der Waals surface area contributed by atoms with Crippen molar-refractivity contribution in [1.82, 2.24) is 0 Å². The number of sulfonamides is 1. The molecule has 3 aromatic rings. The summed E-state index contributed by atoms with van der Waals surface area (Å²) < 4.78 is 46.6. The average molecular weight is 446 g/mol. The zero-order chi connectivity index (χ0) is 21.3. The van der Waals surface area contributed by atoms with Gasteiger partial charge in [0.15, 0.2) is 0 Å². The molecule has 1 heterocycles. The number of anilines is 1. The molecule has 0 radical (unpaired) electrons. The van der Waals surface area contributed by atoms with Gasteiger partial charge in [0.05, 0.1) is 21.2 Å². The molecule has 0 saturated heterocycles. The first-order valence-corrected chi connectivity index (χ1v) is 11.0. The molecule has 5 nitrogen and oxygen atoms in total. The molecule has 1 aliphatic rings. The normalized spacial score (nSPS) is 13.2. The van der Waals surface area contributed by atoms with Crippen LogP contribution in [0.1, 0.15) is 21.5 Å². The van der Waals surface area contributed by atoms with Crippen molar-refractivity contribution in [2.24, 2.45) is 0 Å². The third kappa shape index (κ3) is 3.78. The highest BCUT2D eigenvalue weighted by molar-refractivity contribution is 7.92. The summed E-state index contributed by atoms with van der Waals surface area (Å²) in [6.45, 7) is -0.0248. The van der Waals surface area contributed by atoms with E-state index in [9.17, 15) is 17.6 Å². The molecule has 3 aromatic carbocycles. The fourth-order valence-electron chi connectivity index (χ4n) is 3.36. The van der Waals surface area contributed by atoms with Crippen molar-refractivity contribution in [1.29, 1.82) is 0 Å². The molecule has 0 aliphatic carbocycles. The van der Waals surface area contributed by atoms with E-state index in [1.165, 1.54) is 46.8 Å². The molecule has 0 fully saturated rings. The van der Waals surface area contributed by atoms with E-state index in [4.69, 9.17) is 16.3 Å². The van der Waals surface area contributed by atoms with Crippen molar-refractivity contribution in [2.45, 2.75) is 17.9 Å². The topological polar surface area (TPSA) is 63.7 Å². The Morgan fingerprint density at radius 1 is 1.07 bits per heavy atom. The highest BCUT2D eigenvalue weighted by atomic mass is 35.5. The zero-order valence-electron chi connectivity index (χ0n) is 15.7. The molecule has 0 bridgehead atoms. The number of carbonyl (C=O) groups is 1. The predicted octanol–water partition coefficient (Wildman–Crippen LogP) is 4.59. The molecule has 8 heteroatoms. The van der Waals surface area contributed by atoms with Gasteiger partial charge in [-0.2, -0.15) is 0 Å². The van der Waals surface area contributed by atoms with Gasteiger partial charge < -0.3 is 4.74 Å². The molecule has 30 heavy (non-hydrogen) atoms. The summed E-state index contributed by atoms with van der Waals surface area (Å²) in [4.78, 5) is 12.4. The van der Waals surface area contributed by atoms with Crippen LogP contribution in [0.4, 0.5) is 10.1 Å². The highest BCUT2D eigenvalue weighted by Crippen LogP contribution is 2.32. The summed E-state index contributed by atoms with van der Waals surface area (Å²) in [6.07, 6.45) is 0.626. The average Bonchev–Trinajstić information content (AvgIpc) is 3.18. The largest absolute Gasteiger partial charge is 0.457 e. The number of hydrogen-bond acceptors (Lipinski definition) is 4. The minimum absolute atomic E-state index is 0.0161.